The van der Waals surface area contributed by atoms with E-state index in [-0.39, 0.29) is 40.5 Å². The molecule has 4 heterocycles. The Hall–Kier alpha value is -4.03. The van der Waals surface area contributed by atoms with Gasteiger partial charge in [-0.05, 0) is 42.9 Å². The van der Waals surface area contributed by atoms with Gasteiger partial charge in [0.05, 0.1) is 5.69 Å². The lowest BCUT2D eigenvalue weighted by Crippen LogP contribution is -2.38. The first-order valence-electron chi connectivity index (χ1n) is 11.7. The molecule has 1 aliphatic heterocycles. The number of amides is 1. The molecule has 4 aromatic rings. The normalized spacial score (nSPS) is 19.6. The number of benzene rings is 1. The topological polar surface area (TPSA) is 85.1 Å². The number of aromatic nitrogens is 5. The van der Waals surface area contributed by atoms with Gasteiger partial charge in [-0.1, -0.05) is 12.1 Å². The number of carbonyl (C=O) groups excluding carboxylic acids is 1. The zero-order valence-corrected chi connectivity index (χ0v) is 19.4. The fourth-order valence-corrected chi connectivity index (χ4v) is 5.06. The third kappa shape index (κ3) is 3.71. The zero-order chi connectivity index (χ0) is 26.9. The molecule has 1 unspecified atom stereocenters. The summed E-state index contributed by atoms with van der Waals surface area (Å²) in [6.45, 7) is 0. The van der Waals surface area contributed by atoms with Crippen molar-refractivity contribution in [2.75, 3.05) is 5.32 Å². The molecule has 2 aliphatic rings. The van der Waals surface area contributed by atoms with Crippen LogP contribution in [0.1, 0.15) is 36.1 Å². The average molecular weight is 532 g/mol. The van der Waals surface area contributed by atoms with E-state index in [9.17, 15) is 31.1 Å². The van der Waals surface area contributed by atoms with E-state index in [4.69, 9.17) is 0 Å². The van der Waals surface area contributed by atoms with E-state index in [0.29, 0.717) is 11.1 Å². The van der Waals surface area contributed by atoms with Gasteiger partial charge < -0.3 is 9.72 Å². The summed E-state index contributed by atoms with van der Waals surface area (Å²) in [7, 11) is 0. The van der Waals surface area contributed by atoms with Crippen molar-refractivity contribution < 1.29 is 31.1 Å². The number of fused-ring (bicyclic) bond motifs is 2. The Bertz CT molecular complexity index is 1560. The van der Waals surface area contributed by atoms with E-state index in [1.165, 1.54) is 41.3 Å². The van der Waals surface area contributed by atoms with Crippen LogP contribution in [0.5, 0.6) is 0 Å². The summed E-state index contributed by atoms with van der Waals surface area (Å²) in [5.74, 6) is -5.40. The van der Waals surface area contributed by atoms with Crippen LogP contribution in [0.4, 0.5) is 32.2 Å². The minimum absolute atomic E-state index is 0.0222. The van der Waals surface area contributed by atoms with Gasteiger partial charge in [-0.25, -0.2) is 24.3 Å². The van der Waals surface area contributed by atoms with Crippen molar-refractivity contribution in [2.45, 2.75) is 43.2 Å². The van der Waals surface area contributed by atoms with Gasteiger partial charge in [0.15, 0.2) is 11.5 Å². The highest BCUT2D eigenvalue weighted by Gasteiger charge is 2.58. The van der Waals surface area contributed by atoms with E-state index in [1.807, 2.05) is 0 Å². The summed E-state index contributed by atoms with van der Waals surface area (Å²) in [4.78, 5) is 30.5. The monoisotopic (exact) mass is 532 g/mol. The summed E-state index contributed by atoms with van der Waals surface area (Å²) >= 11 is 0. The Balaban J connectivity index is 1.40. The number of nitrogens with one attached hydrogen (secondary N) is 1. The molecule has 1 atom stereocenters. The summed E-state index contributed by atoms with van der Waals surface area (Å²) in [5.41, 5.74) is 0.198. The number of aryl methyl sites for hydroxylation is 1. The van der Waals surface area contributed by atoms with Gasteiger partial charge in [0.2, 0.25) is 5.91 Å². The molecule has 1 aliphatic carbocycles. The lowest BCUT2D eigenvalue weighted by atomic mass is 9.72. The number of hydrogen-bond donors (Lipinski definition) is 1. The number of rotatable bonds is 6. The van der Waals surface area contributed by atoms with Crippen molar-refractivity contribution in [1.82, 2.24) is 24.3 Å². The summed E-state index contributed by atoms with van der Waals surface area (Å²) in [6.07, 6.45) is -0.495. The number of halogens is 6. The van der Waals surface area contributed by atoms with Crippen LogP contribution in [-0.2, 0) is 16.6 Å². The molecule has 0 bridgehead atoms. The molecule has 7 nitrogen and oxygen atoms in total. The number of carbonyl (C=O) groups is 1. The molecule has 13 heteroatoms. The summed E-state index contributed by atoms with van der Waals surface area (Å²) in [5, 5.41) is 2.79. The van der Waals surface area contributed by atoms with Gasteiger partial charge in [-0.2, -0.15) is 22.0 Å². The number of anilines is 1. The molecule has 0 saturated heterocycles. The number of nitrogens with zero attached hydrogens (tertiary/aromatic N) is 5. The maximum atomic E-state index is 13.6. The third-order valence-corrected chi connectivity index (χ3v) is 7.06. The second-order valence-corrected chi connectivity index (χ2v) is 9.43. The number of alkyl halides is 5. The van der Waals surface area contributed by atoms with Crippen LogP contribution in [0.3, 0.4) is 0 Å². The summed E-state index contributed by atoms with van der Waals surface area (Å²) < 4.78 is 80.3. The minimum Gasteiger partial charge on any atom is -0.309 e. The molecule has 3 aromatic heterocycles. The predicted octanol–water partition coefficient (Wildman–Crippen LogP) is 5.10. The highest BCUT2D eigenvalue weighted by Crippen LogP contribution is 2.56. The molecule has 196 valence electrons. The molecule has 0 radical (unpaired) electrons. The summed E-state index contributed by atoms with van der Waals surface area (Å²) in [6, 6.07) is 5.70. The van der Waals surface area contributed by atoms with E-state index < -0.39 is 36.2 Å². The van der Waals surface area contributed by atoms with Crippen molar-refractivity contribution in [3.63, 3.8) is 0 Å². The lowest BCUT2D eigenvalue weighted by molar-refractivity contribution is -0.284. The maximum Gasteiger partial charge on any atom is 0.453 e. The minimum atomic E-state index is -5.68. The van der Waals surface area contributed by atoms with Gasteiger partial charge in [0.1, 0.15) is 22.7 Å². The molecule has 1 fully saturated rings. The van der Waals surface area contributed by atoms with Gasteiger partial charge in [0, 0.05) is 36.8 Å². The van der Waals surface area contributed by atoms with Gasteiger partial charge in [-0.15, -0.1) is 0 Å². The van der Waals surface area contributed by atoms with Crippen molar-refractivity contribution in [3.05, 3.63) is 71.7 Å². The molecule has 6 rings (SSSR count). The zero-order valence-electron chi connectivity index (χ0n) is 19.4. The third-order valence-electron chi connectivity index (χ3n) is 7.06. The highest BCUT2D eigenvalue weighted by molar-refractivity contribution is 6.08. The molecule has 1 aromatic carbocycles. The second kappa shape index (κ2) is 8.23. The first-order chi connectivity index (χ1) is 18.0. The maximum absolute atomic E-state index is 13.6. The molecular weight excluding hydrogens is 514 g/mol. The predicted molar refractivity (Wildman–Crippen MR) is 122 cm³/mol. The quantitative estimate of drug-likeness (QED) is 0.349. The fraction of sp³-hybridized carbons (Fsp3) is 0.320. The van der Waals surface area contributed by atoms with Crippen molar-refractivity contribution in [3.8, 4) is 11.5 Å². The Kier molecular flexibility index (Phi) is 5.27. The molecule has 38 heavy (non-hydrogen) atoms. The van der Waals surface area contributed by atoms with Crippen molar-refractivity contribution in [2.24, 2.45) is 5.92 Å². The van der Waals surface area contributed by atoms with E-state index in [1.54, 1.807) is 12.1 Å². The Labute approximate surface area is 211 Å². The first-order valence-corrected chi connectivity index (χ1v) is 11.7. The molecular formula is C25H18F6N6O. The van der Waals surface area contributed by atoms with Crippen LogP contribution < -0.4 is 5.32 Å². The van der Waals surface area contributed by atoms with Gasteiger partial charge in [0.25, 0.3) is 0 Å². The Morgan fingerprint density at radius 1 is 1.05 bits per heavy atom. The SMILES string of the molecule is O=C1Nc2nc(-c3cn4ccnc4c(CCC(F)(F)C(F)(F)F)n3)ncc2C1(c1ccc(F)cc1)C1CC1. The smallest absolute Gasteiger partial charge is 0.309 e. The van der Waals surface area contributed by atoms with Crippen LogP contribution >= 0.6 is 0 Å². The second-order valence-electron chi connectivity index (χ2n) is 9.43. The van der Waals surface area contributed by atoms with E-state index in [0.717, 1.165) is 12.8 Å². The Morgan fingerprint density at radius 2 is 1.79 bits per heavy atom. The highest BCUT2D eigenvalue weighted by atomic mass is 19.4. The van der Waals surface area contributed by atoms with Crippen LogP contribution in [-0.4, -0.2) is 42.3 Å². The van der Waals surface area contributed by atoms with Crippen molar-refractivity contribution >= 4 is 17.4 Å². The molecule has 1 amide bonds. The van der Waals surface area contributed by atoms with Crippen LogP contribution in [0.25, 0.3) is 17.2 Å². The van der Waals surface area contributed by atoms with Gasteiger partial charge >= 0.3 is 12.1 Å². The molecule has 1 N–H and O–H groups in total. The standard InChI is InChI=1S/C25H18F6N6O/c26-15-5-3-14(4-6-15)24(13-1-2-13)16-11-33-20(35-19(16)36-22(24)38)18-12-37-10-9-32-21(37)17(34-18)7-8-23(27,28)25(29,30)31/h3-6,9-13H,1-2,7-8H2,(H,33,35,36,38). The van der Waals surface area contributed by atoms with Crippen LogP contribution in [0.2, 0.25) is 0 Å². The number of imidazole rings is 1. The molecule has 1 saturated carbocycles. The Morgan fingerprint density at radius 3 is 2.47 bits per heavy atom. The fourth-order valence-electron chi connectivity index (χ4n) is 5.06. The molecule has 0 spiro atoms. The lowest BCUT2D eigenvalue weighted by Gasteiger charge is -2.27. The van der Waals surface area contributed by atoms with Gasteiger partial charge in [-0.3, -0.25) is 4.79 Å². The van der Waals surface area contributed by atoms with Crippen LogP contribution in [0, 0.1) is 11.7 Å². The number of hydrogen-bond acceptors (Lipinski definition) is 5. The van der Waals surface area contributed by atoms with Crippen LogP contribution in [0.15, 0.2) is 49.1 Å². The largest absolute Gasteiger partial charge is 0.453 e. The first kappa shape index (κ1) is 24.3. The van der Waals surface area contributed by atoms with E-state index in [2.05, 4.69) is 25.3 Å². The van der Waals surface area contributed by atoms with Crippen molar-refractivity contribution in [1.29, 1.82) is 0 Å². The van der Waals surface area contributed by atoms with E-state index >= 15 is 0 Å². The average Bonchev–Trinajstić information content (AvgIpc) is 3.52.